The van der Waals surface area contributed by atoms with Gasteiger partial charge in [-0.2, -0.15) is 0 Å². The second-order valence-electron chi connectivity index (χ2n) is 4.67. The number of anilines is 1. The van der Waals surface area contributed by atoms with Gasteiger partial charge in [0.1, 0.15) is 11.4 Å². The Morgan fingerprint density at radius 3 is 2.44 bits per heavy atom. The van der Waals surface area contributed by atoms with Crippen LogP contribution in [0.5, 0.6) is 0 Å². The van der Waals surface area contributed by atoms with Crippen molar-refractivity contribution in [2.24, 2.45) is 0 Å². The molecule has 2 rings (SSSR count). The van der Waals surface area contributed by atoms with Crippen molar-refractivity contribution >= 4 is 5.82 Å². The van der Waals surface area contributed by atoms with Crippen LogP contribution in [0.4, 0.5) is 5.82 Å². The van der Waals surface area contributed by atoms with Crippen LogP contribution in [0.15, 0.2) is 0 Å². The van der Waals surface area contributed by atoms with Gasteiger partial charge in [-0.15, -0.1) is 0 Å². The number of nitrogens with zero attached hydrogens (tertiary/aromatic N) is 2. The molecule has 1 saturated heterocycles. The fourth-order valence-corrected chi connectivity index (χ4v) is 2.30. The Labute approximate surface area is 108 Å². The molecule has 2 heterocycles. The zero-order valence-corrected chi connectivity index (χ0v) is 11.5. The molecular formula is C13H21N3O2. The molecule has 1 aliphatic heterocycles. The molecule has 0 spiro atoms. The molecule has 0 amide bonds. The average Bonchev–Trinajstić information content (AvgIpc) is 2.42. The van der Waals surface area contributed by atoms with Crippen LogP contribution >= 0.6 is 0 Å². The lowest BCUT2D eigenvalue weighted by Gasteiger charge is -2.34. The highest BCUT2D eigenvalue weighted by molar-refractivity contribution is 5.45. The van der Waals surface area contributed by atoms with Gasteiger partial charge in [-0.3, -0.25) is 0 Å². The van der Waals surface area contributed by atoms with Crippen molar-refractivity contribution < 1.29 is 9.47 Å². The summed E-state index contributed by atoms with van der Waals surface area (Å²) in [7, 11) is 3.60. The first kappa shape index (κ1) is 13.2. The summed E-state index contributed by atoms with van der Waals surface area (Å²) in [5.74, 6) is 1.64. The highest BCUT2D eigenvalue weighted by atomic mass is 16.5. The van der Waals surface area contributed by atoms with Crippen molar-refractivity contribution in [2.45, 2.75) is 32.3 Å². The van der Waals surface area contributed by atoms with E-state index in [4.69, 9.17) is 9.47 Å². The quantitative estimate of drug-likeness (QED) is 0.887. The summed E-state index contributed by atoms with van der Waals surface area (Å²) >= 11 is 0. The van der Waals surface area contributed by atoms with E-state index in [9.17, 15) is 0 Å². The second-order valence-corrected chi connectivity index (χ2v) is 4.67. The Hall–Kier alpha value is -1.20. The van der Waals surface area contributed by atoms with Crippen LogP contribution in [0.3, 0.4) is 0 Å². The van der Waals surface area contributed by atoms with E-state index in [0.29, 0.717) is 13.2 Å². The van der Waals surface area contributed by atoms with Gasteiger partial charge < -0.3 is 14.8 Å². The molecule has 18 heavy (non-hydrogen) atoms. The highest BCUT2D eigenvalue weighted by Crippen LogP contribution is 2.34. The van der Waals surface area contributed by atoms with Crippen LogP contribution in [-0.2, 0) is 15.1 Å². The standard InChI is InChI=1S/C13H21N3O2/c1-9-10(2)15-12(16-11(9)14-3)13(17-4)5-7-18-8-6-13/h5-8H2,1-4H3,(H,14,15,16). The van der Waals surface area contributed by atoms with E-state index in [1.807, 2.05) is 20.9 Å². The lowest BCUT2D eigenvalue weighted by molar-refractivity contribution is -0.1000. The van der Waals surface area contributed by atoms with Crippen molar-refractivity contribution in [2.75, 3.05) is 32.7 Å². The van der Waals surface area contributed by atoms with Crippen LogP contribution in [-0.4, -0.2) is 37.3 Å². The van der Waals surface area contributed by atoms with E-state index in [2.05, 4.69) is 15.3 Å². The number of hydrogen-bond donors (Lipinski definition) is 1. The summed E-state index contributed by atoms with van der Waals surface area (Å²) in [5, 5.41) is 3.12. The van der Waals surface area contributed by atoms with Crippen LogP contribution in [0, 0.1) is 13.8 Å². The first-order chi connectivity index (χ1) is 8.63. The van der Waals surface area contributed by atoms with Crippen molar-refractivity contribution in [3.8, 4) is 0 Å². The third kappa shape index (κ3) is 2.20. The Kier molecular flexibility index (Phi) is 3.82. The van der Waals surface area contributed by atoms with Crippen LogP contribution < -0.4 is 5.32 Å². The first-order valence-corrected chi connectivity index (χ1v) is 6.29. The maximum atomic E-state index is 5.73. The number of hydrogen-bond acceptors (Lipinski definition) is 5. The van der Waals surface area contributed by atoms with Crippen molar-refractivity contribution in [1.29, 1.82) is 0 Å². The summed E-state index contributed by atoms with van der Waals surface area (Å²) in [6, 6.07) is 0. The van der Waals surface area contributed by atoms with Crippen molar-refractivity contribution in [3.05, 3.63) is 17.1 Å². The fourth-order valence-electron chi connectivity index (χ4n) is 2.30. The van der Waals surface area contributed by atoms with Crippen molar-refractivity contribution in [3.63, 3.8) is 0 Å². The zero-order valence-electron chi connectivity index (χ0n) is 11.5. The third-order valence-corrected chi connectivity index (χ3v) is 3.72. The maximum Gasteiger partial charge on any atom is 0.163 e. The summed E-state index contributed by atoms with van der Waals surface area (Å²) in [6.45, 7) is 5.41. The number of aromatic nitrogens is 2. The third-order valence-electron chi connectivity index (χ3n) is 3.72. The van der Waals surface area contributed by atoms with Gasteiger partial charge >= 0.3 is 0 Å². The minimum atomic E-state index is -0.400. The predicted octanol–water partition coefficient (Wildman–Crippen LogP) is 1.79. The summed E-state index contributed by atoms with van der Waals surface area (Å²) in [6.07, 6.45) is 1.60. The van der Waals surface area contributed by atoms with Gasteiger partial charge in [-0.25, -0.2) is 9.97 Å². The van der Waals surface area contributed by atoms with E-state index in [1.54, 1.807) is 7.11 Å². The van der Waals surface area contributed by atoms with E-state index < -0.39 is 5.60 Å². The van der Waals surface area contributed by atoms with Gasteiger partial charge in [-0.1, -0.05) is 0 Å². The molecule has 0 atom stereocenters. The summed E-state index contributed by atoms with van der Waals surface area (Å²) in [5.41, 5.74) is 1.68. The monoisotopic (exact) mass is 251 g/mol. The summed E-state index contributed by atoms with van der Waals surface area (Å²) < 4.78 is 11.1. The number of aryl methyl sites for hydroxylation is 1. The molecule has 0 unspecified atom stereocenters. The minimum Gasteiger partial charge on any atom is -0.381 e. The van der Waals surface area contributed by atoms with Crippen LogP contribution in [0.1, 0.15) is 29.9 Å². The highest BCUT2D eigenvalue weighted by Gasteiger charge is 2.38. The smallest absolute Gasteiger partial charge is 0.163 e. The lowest BCUT2D eigenvalue weighted by Crippen LogP contribution is -2.37. The Bertz CT molecular complexity index is 428. The molecule has 5 heteroatoms. The molecule has 0 aromatic carbocycles. The molecule has 5 nitrogen and oxygen atoms in total. The molecule has 1 aromatic rings. The molecule has 1 fully saturated rings. The Balaban J connectivity index is 2.45. The molecule has 1 N–H and O–H groups in total. The lowest BCUT2D eigenvalue weighted by atomic mass is 9.92. The zero-order chi connectivity index (χ0) is 13.2. The molecule has 1 aliphatic rings. The van der Waals surface area contributed by atoms with E-state index in [0.717, 1.165) is 35.7 Å². The van der Waals surface area contributed by atoms with Gasteiger partial charge in [0.2, 0.25) is 0 Å². The molecular weight excluding hydrogens is 230 g/mol. The first-order valence-electron chi connectivity index (χ1n) is 6.29. The molecule has 0 bridgehead atoms. The molecule has 0 aliphatic carbocycles. The largest absolute Gasteiger partial charge is 0.381 e. The number of methoxy groups -OCH3 is 1. The summed E-state index contributed by atoms with van der Waals surface area (Å²) in [4.78, 5) is 9.23. The average molecular weight is 251 g/mol. The Morgan fingerprint density at radius 1 is 1.22 bits per heavy atom. The van der Waals surface area contributed by atoms with Crippen LogP contribution in [0.25, 0.3) is 0 Å². The Morgan fingerprint density at radius 2 is 1.89 bits per heavy atom. The van der Waals surface area contributed by atoms with Crippen molar-refractivity contribution in [1.82, 2.24) is 9.97 Å². The van der Waals surface area contributed by atoms with E-state index in [-0.39, 0.29) is 0 Å². The van der Waals surface area contributed by atoms with Gasteiger partial charge in [-0.05, 0) is 13.8 Å². The maximum absolute atomic E-state index is 5.73. The minimum absolute atomic E-state index is 0.400. The van der Waals surface area contributed by atoms with Gasteiger partial charge in [0.05, 0.1) is 0 Å². The predicted molar refractivity (Wildman–Crippen MR) is 69.8 cm³/mol. The topological polar surface area (TPSA) is 56.3 Å². The van der Waals surface area contributed by atoms with E-state index in [1.165, 1.54) is 0 Å². The van der Waals surface area contributed by atoms with Gasteiger partial charge in [0.15, 0.2) is 5.82 Å². The molecule has 100 valence electrons. The fraction of sp³-hybridized carbons (Fsp3) is 0.692. The molecule has 0 saturated carbocycles. The molecule has 0 radical (unpaired) electrons. The number of ether oxygens (including phenoxy) is 2. The number of rotatable bonds is 3. The van der Waals surface area contributed by atoms with Gasteiger partial charge in [0, 0.05) is 51.5 Å². The molecule has 1 aromatic heterocycles. The normalized spacial score (nSPS) is 18.7. The second kappa shape index (κ2) is 5.20. The SMILES string of the molecule is CNc1nc(C2(OC)CCOCC2)nc(C)c1C. The number of nitrogens with one attached hydrogen (secondary N) is 1. The van der Waals surface area contributed by atoms with Gasteiger partial charge in [0.25, 0.3) is 0 Å². The van der Waals surface area contributed by atoms with Crippen LogP contribution in [0.2, 0.25) is 0 Å². The van der Waals surface area contributed by atoms with E-state index >= 15 is 0 Å².